The van der Waals surface area contributed by atoms with Gasteiger partial charge < -0.3 is 4.74 Å². The maximum absolute atomic E-state index is 13.4. The highest BCUT2D eigenvalue weighted by atomic mass is 19.1. The third-order valence-corrected chi connectivity index (χ3v) is 2.61. The van der Waals surface area contributed by atoms with Crippen LogP contribution in [-0.4, -0.2) is 11.2 Å². The molecule has 2 aromatic rings. The Morgan fingerprint density at radius 1 is 1.25 bits per heavy atom. The Morgan fingerprint density at radius 3 is 2.70 bits per heavy atom. The highest BCUT2D eigenvalue weighted by Crippen LogP contribution is 2.19. The Morgan fingerprint density at radius 2 is 2.05 bits per heavy atom. The zero-order valence-corrected chi connectivity index (χ0v) is 10.3. The van der Waals surface area contributed by atoms with Gasteiger partial charge in [0, 0.05) is 11.6 Å². The van der Waals surface area contributed by atoms with Crippen molar-refractivity contribution in [3.8, 4) is 5.75 Å². The zero-order valence-electron chi connectivity index (χ0n) is 10.3. The lowest BCUT2D eigenvalue weighted by Gasteiger charge is -2.06. The second kappa shape index (κ2) is 5.92. The molecule has 0 saturated heterocycles. The van der Waals surface area contributed by atoms with E-state index in [-0.39, 0.29) is 6.61 Å². The number of nitro groups is 1. The number of halogens is 1. The van der Waals surface area contributed by atoms with Crippen molar-refractivity contribution in [3.63, 3.8) is 0 Å². The van der Waals surface area contributed by atoms with Crippen molar-refractivity contribution in [1.29, 1.82) is 0 Å². The molecule has 20 heavy (non-hydrogen) atoms. The topological polar surface area (TPSA) is 69.4 Å². The molecule has 5 nitrogen and oxygen atoms in total. The van der Waals surface area contributed by atoms with Gasteiger partial charge in [-0.25, -0.2) is 0 Å². The Hall–Kier alpha value is -2.76. The fourth-order valence-corrected chi connectivity index (χ4v) is 1.63. The molecule has 0 unspecified atom stereocenters. The van der Waals surface area contributed by atoms with Gasteiger partial charge in [0.25, 0.3) is 0 Å². The first-order chi connectivity index (χ1) is 9.60. The maximum Gasteiger partial charge on any atom is 0.304 e. The molecule has 0 N–H and O–H groups in total. The molecule has 2 rings (SSSR count). The van der Waals surface area contributed by atoms with Crippen molar-refractivity contribution in [1.82, 2.24) is 0 Å². The molecule has 0 saturated carbocycles. The van der Waals surface area contributed by atoms with Crippen LogP contribution < -0.4 is 4.74 Å². The first-order valence-corrected chi connectivity index (χ1v) is 5.71. The third kappa shape index (κ3) is 3.17. The normalized spacial score (nSPS) is 10.1. The molecule has 0 atom stereocenters. The Labute approximate surface area is 113 Å². The molecule has 6 heteroatoms. The van der Waals surface area contributed by atoms with E-state index in [1.807, 2.05) is 0 Å². The van der Waals surface area contributed by atoms with Gasteiger partial charge in [-0.15, -0.1) is 0 Å². The number of nitro benzene ring substituents is 1. The minimum atomic E-state index is -0.905. The van der Waals surface area contributed by atoms with E-state index in [1.54, 1.807) is 24.3 Å². The van der Waals surface area contributed by atoms with Gasteiger partial charge in [-0.3, -0.25) is 14.9 Å². The summed E-state index contributed by atoms with van der Waals surface area (Å²) in [6, 6.07) is 10.1. The Balaban J connectivity index is 2.09. The van der Waals surface area contributed by atoms with E-state index in [0.29, 0.717) is 23.2 Å². The van der Waals surface area contributed by atoms with E-state index < -0.39 is 16.4 Å². The molecule has 0 fully saturated rings. The fourth-order valence-electron chi connectivity index (χ4n) is 1.63. The molecular weight excluding hydrogens is 265 g/mol. The van der Waals surface area contributed by atoms with Gasteiger partial charge in [0.2, 0.25) is 5.82 Å². The van der Waals surface area contributed by atoms with Crippen LogP contribution in [0.15, 0.2) is 42.5 Å². The summed E-state index contributed by atoms with van der Waals surface area (Å²) in [5.74, 6) is -0.439. The summed E-state index contributed by atoms with van der Waals surface area (Å²) < 4.78 is 18.8. The Kier molecular flexibility index (Phi) is 4.05. The lowest BCUT2D eigenvalue weighted by atomic mass is 10.2. The van der Waals surface area contributed by atoms with Crippen LogP contribution in [0.4, 0.5) is 10.1 Å². The van der Waals surface area contributed by atoms with Gasteiger partial charge in [-0.1, -0.05) is 12.1 Å². The van der Waals surface area contributed by atoms with Crippen LogP contribution >= 0.6 is 0 Å². The van der Waals surface area contributed by atoms with E-state index in [0.717, 1.165) is 12.1 Å². The van der Waals surface area contributed by atoms with E-state index in [9.17, 15) is 19.3 Å². The van der Waals surface area contributed by atoms with Crippen molar-refractivity contribution in [2.75, 3.05) is 0 Å². The van der Waals surface area contributed by atoms with Gasteiger partial charge in [0.05, 0.1) is 4.92 Å². The highest BCUT2D eigenvalue weighted by Gasteiger charge is 2.13. The predicted octanol–water partition coefficient (Wildman–Crippen LogP) is 3.13. The lowest BCUT2D eigenvalue weighted by Crippen LogP contribution is -1.99. The molecule has 0 radical (unpaired) electrons. The number of nitrogens with zero attached hydrogens (tertiary/aromatic N) is 1. The van der Waals surface area contributed by atoms with Crippen LogP contribution in [0.2, 0.25) is 0 Å². The summed E-state index contributed by atoms with van der Waals surface area (Å²) in [6.07, 6.45) is 0.693. The summed E-state index contributed by atoms with van der Waals surface area (Å²) >= 11 is 0. The first-order valence-electron chi connectivity index (χ1n) is 5.71. The number of benzene rings is 2. The number of rotatable bonds is 5. The number of hydrogen-bond acceptors (Lipinski definition) is 4. The Bertz CT molecular complexity index is 657. The molecule has 2 aromatic carbocycles. The van der Waals surface area contributed by atoms with Gasteiger partial charge in [-0.05, 0) is 29.8 Å². The number of ether oxygens (including phenoxy) is 1. The number of carbonyl (C=O) groups is 1. The van der Waals surface area contributed by atoms with Crippen LogP contribution in [0.3, 0.4) is 0 Å². The maximum atomic E-state index is 13.4. The molecule has 0 bridgehead atoms. The van der Waals surface area contributed by atoms with E-state index in [1.165, 1.54) is 6.07 Å². The van der Waals surface area contributed by atoms with Crippen molar-refractivity contribution in [2.45, 2.75) is 6.61 Å². The molecule has 102 valence electrons. The van der Waals surface area contributed by atoms with E-state index >= 15 is 0 Å². The molecule has 0 aromatic heterocycles. The molecular formula is C14H10FNO4. The van der Waals surface area contributed by atoms with Crippen LogP contribution in [-0.2, 0) is 6.61 Å². The van der Waals surface area contributed by atoms with Crippen LogP contribution in [0.1, 0.15) is 15.9 Å². The summed E-state index contributed by atoms with van der Waals surface area (Å²) in [6.45, 7) is 0.0528. The first kappa shape index (κ1) is 13.7. The molecule has 0 heterocycles. The van der Waals surface area contributed by atoms with Gasteiger partial charge in [0.15, 0.2) is 0 Å². The van der Waals surface area contributed by atoms with Gasteiger partial charge in [0.1, 0.15) is 18.6 Å². The lowest BCUT2D eigenvalue weighted by molar-refractivity contribution is -0.387. The van der Waals surface area contributed by atoms with Crippen molar-refractivity contribution >= 4 is 12.0 Å². The van der Waals surface area contributed by atoms with E-state index in [2.05, 4.69) is 0 Å². The second-order valence-corrected chi connectivity index (χ2v) is 4.02. The molecule has 0 aliphatic carbocycles. The third-order valence-electron chi connectivity index (χ3n) is 2.61. The summed E-state index contributed by atoms with van der Waals surface area (Å²) in [4.78, 5) is 20.3. The summed E-state index contributed by atoms with van der Waals surface area (Å²) in [5.41, 5.74) is 0.360. The molecule has 0 amide bonds. The van der Waals surface area contributed by atoms with Crippen LogP contribution in [0.25, 0.3) is 0 Å². The molecule has 0 spiro atoms. The number of hydrogen-bond donors (Lipinski definition) is 0. The predicted molar refractivity (Wildman–Crippen MR) is 69.2 cm³/mol. The molecule has 0 aliphatic heterocycles. The standard InChI is InChI=1S/C14H10FNO4/c15-13-7-11(4-5-14(13)16(18)19)9-20-12-3-1-2-10(6-12)8-17/h1-8H,9H2. The smallest absolute Gasteiger partial charge is 0.304 e. The number of aldehydes is 1. The average molecular weight is 275 g/mol. The molecule has 0 aliphatic rings. The van der Waals surface area contributed by atoms with Gasteiger partial charge >= 0.3 is 5.69 Å². The fraction of sp³-hybridized carbons (Fsp3) is 0.0714. The van der Waals surface area contributed by atoms with Crippen molar-refractivity contribution in [3.05, 3.63) is 69.5 Å². The summed E-state index contributed by atoms with van der Waals surface area (Å²) in [7, 11) is 0. The van der Waals surface area contributed by atoms with Crippen LogP contribution in [0.5, 0.6) is 5.75 Å². The quantitative estimate of drug-likeness (QED) is 0.477. The summed E-state index contributed by atoms with van der Waals surface area (Å²) in [5, 5.41) is 10.5. The minimum Gasteiger partial charge on any atom is -0.489 e. The van der Waals surface area contributed by atoms with Crippen molar-refractivity contribution in [2.24, 2.45) is 0 Å². The monoisotopic (exact) mass is 275 g/mol. The average Bonchev–Trinajstić information content (AvgIpc) is 2.45. The zero-order chi connectivity index (χ0) is 14.5. The number of carbonyl (C=O) groups excluding carboxylic acids is 1. The van der Waals surface area contributed by atoms with Crippen LogP contribution in [0, 0.1) is 15.9 Å². The van der Waals surface area contributed by atoms with Crippen molar-refractivity contribution < 1.29 is 18.8 Å². The highest BCUT2D eigenvalue weighted by molar-refractivity contribution is 5.75. The van der Waals surface area contributed by atoms with E-state index in [4.69, 9.17) is 4.74 Å². The minimum absolute atomic E-state index is 0.0528. The SMILES string of the molecule is O=Cc1cccc(OCc2ccc([N+](=O)[O-])c(F)c2)c1. The second-order valence-electron chi connectivity index (χ2n) is 4.02. The van der Waals surface area contributed by atoms with Gasteiger partial charge in [-0.2, -0.15) is 4.39 Å². The largest absolute Gasteiger partial charge is 0.489 e.